The van der Waals surface area contributed by atoms with Gasteiger partial charge in [0.25, 0.3) is 15.6 Å². The second-order valence-corrected chi connectivity index (χ2v) is 7.36. The number of ether oxygens (including phenoxy) is 1. The van der Waals surface area contributed by atoms with Crippen molar-refractivity contribution in [3.63, 3.8) is 0 Å². The van der Waals surface area contributed by atoms with E-state index in [9.17, 15) is 13.2 Å². The smallest absolute Gasteiger partial charge is 0.258 e. The SMILES string of the molecule is C=CS(=O)(=O)Nc1ccc(OC)c(-c2cn(C)c(=O)c3ccccc23)c1. The molecule has 0 saturated carbocycles. The summed E-state index contributed by atoms with van der Waals surface area (Å²) < 4.78 is 32.9. The van der Waals surface area contributed by atoms with Crippen molar-refractivity contribution in [3.8, 4) is 16.9 Å². The first-order chi connectivity index (χ1) is 12.4. The maximum atomic E-state index is 12.4. The van der Waals surface area contributed by atoms with Crippen LogP contribution in [0, 0.1) is 0 Å². The van der Waals surface area contributed by atoms with Crippen LogP contribution in [0.5, 0.6) is 5.75 Å². The number of hydrogen-bond donors (Lipinski definition) is 1. The van der Waals surface area contributed by atoms with Gasteiger partial charge < -0.3 is 9.30 Å². The number of benzene rings is 2. The molecule has 134 valence electrons. The van der Waals surface area contributed by atoms with E-state index in [1.54, 1.807) is 43.6 Å². The van der Waals surface area contributed by atoms with E-state index in [4.69, 9.17) is 4.74 Å². The predicted molar refractivity (Wildman–Crippen MR) is 104 cm³/mol. The maximum absolute atomic E-state index is 12.4. The molecule has 0 aliphatic carbocycles. The monoisotopic (exact) mass is 370 g/mol. The fourth-order valence-corrected chi connectivity index (χ4v) is 3.36. The Morgan fingerprint density at radius 1 is 1.12 bits per heavy atom. The minimum atomic E-state index is -3.63. The van der Waals surface area contributed by atoms with Gasteiger partial charge in [-0.3, -0.25) is 9.52 Å². The summed E-state index contributed by atoms with van der Waals surface area (Å²) in [6.07, 6.45) is 1.72. The van der Waals surface area contributed by atoms with Gasteiger partial charge in [0.15, 0.2) is 0 Å². The van der Waals surface area contributed by atoms with Crippen molar-refractivity contribution < 1.29 is 13.2 Å². The van der Waals surface area contributed by atoms with Gasteiger partial charge in [-0.05, 0) is 29.7 Å². The molecule has 0 atom stereocenters. The number of pyridine rings is 1. The third-order valence-corrected chi connectivity index (χ3v) is 5.02. The molecule has 0 spiro atoms. The standard InChI is InChI=1S/C19H18N2O4S/c1-4-26(23,24)20-13-9-10-18(25-3)16(11-13)17-12-21(2)19(22)15-8-6-5-7-14(15)17/h4-12,20H,1H2,2-3H3. The molecule has 7 heteroatoms. The van der Waals surface area contributed by atoms with Crippen LogP contribution in [0.3, 0.4) is 0 Å². The van der Waals surface area contributed by atoms with Crippen molar-refractivity contribution in [1.29, 1.82) is 0 Å². The van der Waals surface area contributed by atoms with Crippen LogP contribution in [0.1, 0.15) is 0 Å². The van der Waals surface area contributed by atoms with Crippen molar-refractivity contribution in [3.05, 3.63) is 71.0 Å². The summed E-state index contributed by atoms with van der Waals surface area (Å²) in [4.78, 5) is 12.4. The number of anilines is 1. The lowest BCUT2D eigenvalue weighted by molar-refractivity contribution is 0.416. The van der Waals surface area contributed by atoms with E-state index in [1.165, 1.54) is 11.7 Å². The Hall–Kier alpha value is -3.06. The number of rotatable bonds is 5. The average Bonchev–Trinajstić information content (AvgIpc) is 2.64. The molecule has 1 aromatic heterocycles. The van der Waals surface area contributed by atoms with E-state index in [2.05, 4.69) is 11.3 Å². The second kappa shape index (κ2) is 6.68. The van der Waals surface area contributed by atoms with Crippen molar-refractivity contribution >= 4 is 26.5 Å². The van der Waals surface area contributed by atoms with Crippen LogP contribution >= 0.6 is 0 Å². The van der Waals surface area contributed by atoms with E-state index < -0.39 is 10.0 Å². The van der Waals surface area contributed by atoms with E-state index >= 15 is 0 Å². The van der Waals surface area contributed by atoms with Gasteiger partial charge >= 0.3 is 0 Å². The molecule has 6 nitrogen and oxygen atoms in total. The Bertz CT molecular complexity index is 1160. The van der Waals surface area contributed by atoms with Gasteiger partial charge in [-0.2, -0.15) is 0 Å². The molecule has 0 unspecified atom stereocenters. The molecule has 1 N–H and O–H groups in total. The minimum Gasteiger partial charge on any atom is -0.496 e. The van der Waals surface area contributed by atoms with Crippen molar-refractivity contribution in [1.82, 2.24) is 4.57 Å². The van der Waals surface area contributed by atoms with Crippen molar-refractivity contribution in [2.24, 2.45) is 7.05 Å². The van der Waals surface area contributed by atoms with E-state index in [1.807, 2.05) is 12.1 Å². The zero-order chi connectivity index (χ0) is 18.9. The fourth-order valence-electron chi connectivity index (χ4n) is 2.82. The van der Waals surface area contributed by atoms with Gasteiger partial charge in [0, 0.05) is 40.9 Å². The summed E-state index contributed by atoms with van der Waals surface area (Å²) >= 11 is 0. The average molecular weight is 370 g/mol. The van der Waals surface area contributed by atoms with Crippen LogP contribution in [0.25, 0.3) is 21.9 Å². The van der Waals surface area contributed by atoms with E-state index in [0.29, 0.717) is 22.4 Å². The van der Waals surface area contributed by atoms with Gasteiger partial charge in [0.05, 0.1) is 7.11 Å². The van der Waals surface area contributed by atoms with Crippen LogP contribution in [-0.4, -0.2) is 20.1 Å². The number of nitrogens with zero attached hydrogens (tertiary/aromatic N) is 1. The lowest BCUT2D eigenvalue weighted by Crippen LogP contribution is -2.16. The normalized spacial score (nSPS) is 11.3. The Kier molecular flexibility index (Phi) is 4.56. The molecule has 0 aliphatic rings. The number of methoxy groups -OCH3 is 1. The Balaban J connectivity index is 2.30. The Morgan fingerprint density at radius 3 is 2.46 bits per heavy atom. The van der Waals surface area contributed by atoms with Crippen LogP contribution < -0.4 is 15.0 Å². The van der Waals surface area contributed by atoms with Gasteiger partial charge in [0.1, 0.15) is 5.75 Å². The summed E-state index contributed by atoms with van der Waals surface area (Å²) in [6, 6.07) is 12.2. The third-order valence-electron chi connectivity index (χ3n) is 4.06. The topological polar surface area (TPSA) is 77.4 Å². The zero-order valence-corrected chi connectivity index (χ0v) is 15.2. The van der Waals surface area contributed by atoms with Gasteiger partial charge in [-0.25, -0.2) is 8.42 Å². The molecular formula is C19H18N2O4S. The molecule has 26 heavy (non-hydrogen) atoms. The fraction of sp³-hybridized carbons (Fsp3) is 0.105. The molecule has 1 heterocycles. The first kappa shape index (κ1) is 17.8. The van der Waals surface area contributed by atoms with Crippen LogP contribution in [0.15, 0.2) is 65.4 Å². The van der Waals surface area contributed by atoms with Crippen LogP contribution in [-0.2, 0) is 17.1 Å². The highest BCUT2D eigenvalue weighted by Crippen LogP contribution is 2.36. The second-order valence-electron chi connectivity index (χ2n) is 5.73. The highest BCUT2D eigenvalue weighted by Gasteiger charge is 2.15. The number of sulfonamides is 1. The summed E-state index contributed by atoms with van der Waals surface area (Å²) in [5, 5.41) is 2.18. The minimum absolute atomic E-state index is 0.105. The first-order valence-corrected chi connectivity index (χ1v) is 9.33. The highest BCUT2D eigenvalue weighted by atomic mass is 32.2. The number of hydrogen-bond acceptors (Lipinski definition) is 4. The number of aryl methyl sites for hydroxylation is 1. The maximum Gasteiger partial charge on any atom is 0.258 e. The molecule has 0 amide bonds. The quantitative estimate of drug-likeness (QED) is 0.749. The van der Waals surface area contributed by atoms with Crippen molar-refractivity contribution in [2.75, 3.05) is 11.8 Å². The highest BCUT2D eigenvalue weighted by molar-refractivity contribution is 7.95. The Morgan fingerprint density at radius 2 is 1.81 bits per heavy atom. The third kappa shape index (κ3) is 3.21. The number of fused-ring (bicyclic) bond motifs is 1. The number of aromatic nitrogens is 1. The van der Waals surface area contributed by atoms with E-state index in [-0.39, 0.29) is 5.56 Å². The summed E-state index contributed by atoms with van der Waals surface area (Å²) in [5.41, 5.74) is 1.70. The Labute approximate surface area is 151 Å². The van der Waals surface area contributed by atoms with E-state index in [0.717, 1.165) is 16.4 Å². The summed E-state index contributed by atoms with van der Waals surface area (Å²) in [6.45, 7) is 3.29. The van der Waals surface area contributed by atoms with Gasteiger partial charge in [-0.15, -0.1) is 0 Å². The van der Waals surface area contributed by atoms with Crippen molar-refractivity contribution in [2.45, 2.75) is 0 Å². The summed E-state index contributed by atoms with van der Waals surface area (Å²) in [5.74, 6) is 0.565. The molecule has 0 bridgehead atoms. The molecule has 0 aliphatic heterocycles. The zero-order valence-electron chi connectivity index (χ0n) is 14.4. The van der Waals surface area contributed by atoms with Gasteiger partial charge in [-0.1, -0.05) is 24.8 Å². The molecular weight excluding hydrogens is 352 g/mol. The molecule has 2 aromatic carbocycles. The first-order valence-electron chi connectivity index (χ1n) is 7.78. The lowest BCUT2D eigenvalue weighted by Gasteiger charge is -2.15. The molecule has 0 radical (unpaired) electrons. The largest absolute Gasteiger partial charge is 0.496 e. The molecule has 0 fully saturated rings. The molecule has 0 saturated heterocycles. The predicted octanol–water partition coefficient (Wildman–Crippen LogP) is 3.10. The lowest BCUT2D eigenvalue weighted by atomic mass is 9.99. The van der Waals surface area contributed by atoms with Crippen LogP contribution in [0.4, 0.5) is 5.69 Å². The summed E-state index contributed by atoms with van der Waals surface area (Å²) in [7, 11) is -0.417. The van der Waals surface area contributed by atoms with Crippen LogP contribution in [0.2, 0.25) is 0 Å². The molecule has 3 aromatic rings. The van der Waals surface area contributed by atoms with Gasteiger partial charge in [0.2, 0.25) is 0 Å². The number of nitrogens with one attached hydrogen (secondary N) is 1. The molecule has 3 rings (SSSR count).